The van der Waals surface area contributed by atoms with Crippen molar-refractivity contribution in [3.8, 4) is 0 Å². The molecule has 0 aromatic rings. The van der Waals surface area contributed by atoms with Gasteiger partial charge in [0, 0.05) is 13.2 Å². The molecular formula is C16H28O2. The van der Waals surface area contributed by atoms with Gasteiger partial charge in [0.15, 0.2) is 0 Å². The first-order chi connectivity index (χ1) is 8.86. The lowest BCUT2D eigenvalue weighted by molar-refractivity contribution is 0.0915. The molecule has 1 aliphatic carbocycles. The lowest BCUT2D eigenvalue weighted by Crippen LogP contribution is -2.17. The fraction of sp³-hybridized carbons (Fsp3) is 0.750. The van der Waals surface area contributed by atoms with E-state index in [-0.39, 0.29) is 12.2 Å². The van der Waals surface area contributed by atoms with E-state index in [9.17, 15) is 0 Å². The summed E-state index contributed by atoms with van der Waals surface area (Å²) in [4.78, 5) is 0. The zero-order valence-electron chi connectivity index (χ0n) is 11.9. The normalized spacial score (nSPS) is 22.6. The second-order valence-corrected chi connectivity index (χ2v) is 4.85. The zero-order valence-corrected chi connectivity index (χ0v) is 11.9. The van der Waals surface area contributed by atoms with Gasteiger partial charge in [0.2, 0.25) is 0 Å². The van der Waals surface area contributed by atoms with Gasteiger partial charge in [-0.3, -0.25) is 0 Å². The van der Waals surface area contributed by atoms with Crippen LogP contribution in [-0.2, 0) is 9.47 Å². The Morgan fingerprint density at radius 2 is 1.06 bits per heavy atom. The van der Waals surface area contributed by atoms with Gasteiger partial charge in [-0.2, -0.15) is 0 Å². The van der Waals surface area contributed by atoms with Crippen molar-refractivity contribution in [1.82, 2.24) is 0 Å². The molecule has 0 radical (unpaired) electrons. The van der Waals surface area contributed by atoms with Gasteiger partial charge in [-0.05, 0) is 12.8 Å². The molecule has 0 bridgehead atoms. The van der Waals surface area contributed by atoms with Crippen molar-refractivity contribution in [2.75, 3.05) is 13.2 Å². The Hall–Kier alpha value is -0.600. The highest BCUT2D eigenvalue weighted by atomic mass is 16.5. The first kappa shape index (κ1) is 15.5. The van der Waals surface area contributed by atoms with Gasteiger partial charge in [0.1, 0.15) is 0 Å². The third-order valence-electron chi connectivity index (χ3n) is 3.10. The molecule has 0 atom stereocenters. The fourth-order valence-corrected chi connectivity index (χ4v) is 1.93. The lowest BCUT2D eigenvalue weighted by Gasteiger charge is -2.18. The first-order valence-corrected chi connectivity index (χ1v) is 7.46. The number of rotatable bonds is 10. The molecular weight excluding hydrogens is 224 g/mol. The molecule has 18 heavy (non-hydrogen) atoms. The summed E-state index contributed by atoms with van der Waals surface area (Å²) in [6.45, 7) is 6.13. The van der Waals surface area contributed by atoms with E-state index in [1.807, 2.05) is 0 Å². The maximum Gasteiger partial charge on any atom is 0.0939 e. The van der Waals surface area contributed by atoms with Gasteiger partial charge in [-0.1, -0.05) is 63.8 Å². The molecule has 0 aliphatic heterocycles. The molecule has 0 heterocycles. The second kappa shape index (κ2) is 10.3. The molecule has 2 nitrogen and oxygen atoms in total. The summed E-state index contributed by atoms with van der Waals surface area (Å²) in [6.07, 6.45) is 16.0. The number of hydrogen-bond acceptors (Lipinski definition) is 2. The molecule has 0 saturated heterocycles. The van der Waals surface area contributed by atoms with Crippen molar-refractivity contribution < 1.29 is 9.47 Å². The topological polar surface area (TPSA) is 18.5 Å². The van der Waals surface area contributed by atoms with Crippen LogP contribution >= 0.6 is 0 Å². The molecule has 0 fully saturated rings. The van der Waals surface area contributed by atoms with Crippen LogP contribution in [0.3, 0.4) is 0 Å². The Bertz CT molecular complexity index is 207. The van der Waals surface area contributed by atoms with E-state index in [4.69, 9.17) is 9.47 Å². The fourth-order valence-electron chi connectivity index (χ4n) is 1.93. The summed E-state index contributed by atoms with van der Waals surface area (Å²) in [6, 6.07) is 0. The smallest absolute Gasteiger partial charge is 0.0939 e. The molecule has 0 spiro atoms. The maximum atomic E-state index is 5.75. The van der Waals surface area contributed by atoms with Gasteiger partial charge in [0.05, 0.1) is 12.2 Å². The summed E-state index contributed by atoms with van der Waals surface area (Å²) >= 11 is 0. The second-order valence-electron chi connectivity index (χ2n) is 4.85. The largest absolute Gasteiger partial charge is 0.370 e. The first-order valence-electron chi connectivity index (χ1n) is 7.46. The molecule has 0 amide bonds. The van der Waals surface area contributed by atoms with E-state index >= 15 is 0 Å². The minimum atomic E-state index is 0.150. The highest BCUT2D eigenvalue weighted by Crippen LogP contribution is 2.11. The Balaban J connectivity index is 2.07. The van der Waals surface area contributed by atoms with E-state index < -0.39 is 0 Å². The number of hydrogen-bond donors (Lipinski definition) is 0. The van der Waals surface area contributed by atoms with Crippen LogP contribution in [0.15, 0.2) is 24.3 Å². The Labute approximate surface area is 112 Å². The van der Waals surface area contributed by atoms with E-state index in [0.29, 0.717) is 0 Å². The highest BCUT2D eigenvalue weighted by Gasteiger charge is 2.09. The third-order valence-corrected chi connectivity index (χ3v) is 3.10. The summed E-state index contributed by atoms with van der Waals surface area (Å²) < 4.78 is 11.5. The summed E-state index contributed by atoms with van der Waals surface area (Å²) in [5, 5.41) is 0. The van der Waals surface area contributed by atoms with Crippen LogP contribution in [0.4, 0.5) is 0 Å². The predicted octanol–water partition coefficient (Wildman–Crippen LogP) is 4.26. The molecule has 0 aromatic carbocycles. The minimum absolute atomic E-state index is 0.150. The molecule has 0 N–H and O–H groups in total. The molecule has 1 aliphatic rings. The van der Waals surface area contributed by atoms with Crippen molar-refractivity contribution in [3.63, 3.8) is 0 Å². The van der Waals surface area contributed by atoms with Gasteiger partial charge < -0.3 is 9.47 Å². The van der Waals surface area contributed by atoms with Crippen LogP contribution in [-0.4, -0.2) is 25.4 Å². The van der Waals surface area contributed by atoms with Crippen LogP contribution in [0.25, 0.3) is 0 Å². The highest BCUT2D eigenvalue weighted by molar-refractivity contribution is 5.16. The summed E-state index contributed by atoms with van der Waals surface area (Å²) in [5.41, 5.74) is 0. The van der Waals surface area contributed by atoms with Gasteiger partial charge in [-0.25, -0.2) is 0 Å². The van der Waals surface area contributed by atoms with Gasteiger partial charge >= 0.3 is 0 Å². The molecule has 2 heteroatoms. The van der Waals surface area contributed by atoms with E-state index in [2.05, 4.69) is 38.2 Å². The standard InChI is InChI=1S/C16H28O2/c1-3-5-7-13-17-15-9-11-16(12-10-15)18-14-8-6-4-2/h9-12,15-16H,3-8,13-14H2,1-2H3. The molecule has 1 rings (SSSR count). The van der Waals surface area contributed by atoms with Crippen molar-refractivity contribution in [2.24, 2.45) is 0 Å². The van der Waals surface area contributed by atoms with Gasteiger partial charge in [-0.15, -0.1) is 0 Å². The number of ether oxygens (including phenoxy) is 2. The quantitative estimate of drug-likeness (QED) is 0.427. The van der Waals surface area contributed by atoms with Crippen LogP contribution < -0.4 is 0 Å². The SMILES string of the molecule is CCCCCOC1C=CC(OCCCCC)C=C1. The van der Waals surface area contributed by atoms with Crippen molar-refractivity contribution in [1.29, 1.82) is 0 Å². The molecule has 0 unspecified atom stereocenters. The van der Waals surface area contributed by atoms with E-state index in [1.165, 1.54) is 25.7 Å². The maximum absolute atomic E-state index is 5.75. The third kappa shape index (κ3) is 6.97. The van der Waals surface area contributed by atoms with Crippen LogP contribution in [0.2, 0.25) is 0 Å². The zero-order chi connectivity index (χ0) is 13.1. The average molecular weight is 252 g/mol. The van der Waals surface area contributed by atoms with Crippen molar-refractivity contribution in [2.45, 2.75) is 64.6 Å². The monoisotopic (exact) mass is 252 g/mol. The molecule has 0 saturated carbocycles. The molecule has 0 aromatic heterocycles. The summed E-state index contributed by atoms with van der Waals surface area (Å²) in [5.74, 6) is 0. The van der Waals surface area contributed by atoms with E-state index in [0.717, 1.165) is 26.1 Å². The lowest BCUT2D eigenvalue weighted by atomic mass is 10.1. The van der Waals surface area contributed by atoms with Crippen molar-refractivity contribution >= 4 is 0 Å². The van der Waals surface area contributed by atoms with Crippen molar-refractivity contribution in [3.05, 3.63) is 24.3 Å². The number of unbranched alkanes of at least 4 members (excludes halogenated alkanes) is 4. The Morgan fingerprint density at radius 3 is 1.39 bits per heavy atom. The summed E-state index contributed by atoms with van der Waals surface area (Å²) in [7, 11) is 0. The predicted molar refractivity (Wildman–Crippen MR) is 76.8 cm³/mol. The Kier molecular flexibility index (Phi) is 8.87. The van der Waals surface area contributed by atoms with Gasteiger partial charge in [0.25, 0.3) is 0 Å². The minimum Gasteiger partial charge on any atom is -0.370 e. The van der Waals surface area contributed by atoms with E-state index in [1.54, 1.807) is 0 Å². The van der Waals surface area contributed by atoms with Crippen LogP contribution in [0, 0.1) is 0 Å². The average Bonchev–Trinajstić information content (AvgIpc) is 2.41. The Morgan fingerprint density at radius 1 is 0.667 bits per heavy atom. The van der Waals surface area contributed by atoms with Crippen LogP contribution in [0.5, 0.6) is 0 Å². The molecule has 104 valence electrons. The van der Waals surface area contributed by atoms with Crippen LogP contribution in [0.1, 0.15) is 52.4 Å².